The van der Waals surface area contributed by atoms with Crippen molar-refractivity contribution in [3.8, 4) is 0 Å². The van der Waals surface area contributed by atoms with E-state index in [4.69, 9.17) is 4.74 Å². The topological polar surface area (TPSA) is 39.2 Å². The molecule has 0 aliphatic heterocycles. The van der Waals surface area contributed by atoms with E-state index in [1.165, 1.54) is 11.3 Å². The van der Waals surface area contributed by atoms with Crippen LogP contribution in [0.5, 0.6) is 0 Å². The first-order valence-electron chi connectivity index (χ1n) is 5.80. The minimum absolute atomic E-state index is 0.232. The first-order valence-corrected chi connectivity index (χ1v) is 7.49. The van der Waals surface area contributed by atoms with Crippen molar-refractivity contribution in [1.82, 2.24) is 4.98 Å². The van der Waals surface area contributed by atoms with E-state index in [0.717, 1.165) is 20.8 Å². The van der Waals surface area contributed by atoms with Crippen molar-refractivity contribution in [3.05, 3.63) is 51.2 Å². The highest BCUT2D eigenvalue weighted by atomic mass is 32.1. The van der Waals surface area contributed by atoms with Crippen LogP contribution in [0.1, 0.15) is 20.2 Å². The third-order valence-electron chi connectivity index (χ3n) is 2.71. The van der Waals surface area contributed by atoms with Gasteiger partial charge in [0.05, 0.1) is 10.2 Å². The van der Waals surface area contributed by atoms with Crippen LogP contribution in [0, 0.1) is 6.92 Å². The molecule has 0 radical (unpaired) electrons. The summed E-state index contributed by atoms with van der Waals surface area (Å²) in [5, 5.41) is 2.72. The molecule has 0 aliphatic rings. The zero-order chi connectivity index (χ0) is 13.2. The SMILES string of the molecule is Cc1ccsc1C(=O)OCc1nc2ccccc2s1. The van der Waals surface area contributed by atoms with Crippen molar-refractivity contribution in [3.63, 3.8) is 0 Å². The fourth-order valence-corrected chi connectivity index (χ4v) is 3.45. The Morgan fingerprint density at radius 3 is 2.89 bits per heavy atom. The maximum atomic E-state index is 11.9. The number of hydrogen-bond donors (Lipinski definition) is 0. The third kappa shape index (κ3) is 2.52. The Kier molecular flexibility index (Phi) is 3.31. The molecule has 3 aromatic rings. The number of esters is 1. The number of benzene rings is 1. The molecule has 3 nitrogen and oxygen atoms in total. The quantitative estimate of drug-likeness (QED) is 0.683. The number of carbonyl (C=O) groups excluding carboxylic acids is 1. The van der Waals surface area contributed by atoms with Crippen molar-refractivity contribution < 1.29 is 9.53 Å². The Morgan fingerprint density at radius 2 is 2.16 bits per heavy atom. The fourth-order valence-electron chi connectivity index (χ4n) is 1.76. The van der Waals surface area contributed by atoms with E-state index >= 15 is 0 Å². The van der Waals surface area contributed by atoms with Crippen molar-refractivity contribution in [2.24, 2.45) is 0 Å². The molecule has 0 unspecified atom stereocenters. The van der Waals surface area contributed by atoms with E-state index < -0.39 is 0 Å². The monoisotopic (exact) mass is 289 g/mol. The van der Waals surface area contributed by atoms with E-state index in [2.05, 4.69) is 4.98 Å². The van der Waals surface area contributed by atoms with Crippen LogP contribution < -0.4 is 0 Å². The molecule has 2 aromatic heterocycles. The van der Waals surface area contributed by atoms with Crippen LogP contribution in [0.2, 0.25) is 0 Å². The van der Waals surface area contributed by atoms with Gasteiger partial charge in [-0.2, -0.15) is 0 Å². The number of aromatic nitrogens is 1. The Hall–Kier alpha value is -1.72. The fraction of sp³-hybridized carbons (Fsp3) is 0.143. The zero-order valence-electron chi connectivity index (χ0n) is 10.3. The molecular weight excluding hydrogens is 278 g/mol. The van der Waals surface area contributed by atoms with Crippen molar-refractivity contribution >= 4 is 38.9 Å². The Labute approximate surface area is 118 Å². The van der Waals surface area contributed by atoms with Gasteiger partial charge in [-0.1, -0.05) is 12.1 Å². The standard InChI is InChI=1S/C14H11NO2S2/c1-9-6-7-18-13(9)14(16)17-8-12-15-10-4-2-3-5-11(10)19-12/h2-7H,8H2,1H3. The van der Waals surface area contributed by atoms with Gasteiger partial charge in [0.2, 0.25) is 0 Å². The number of ether oxygens (including phenoxy) is 1. The zero-order valence-corrected chi connectivity index (χ0v) is 11.9. The van der Waals surface area contributed by atoms with E-state index in [0.29, 0.717) is 4.88 Å². The van der Waals surface area contributed by atoms with Gasteiger partial charge in [0.1, 0.15) is 16.5 Å². The van der Waals surface area contributed by atoms with Crippen LogP contribution in [0.15, 0.2) is 35.7 Å². The molecule has 1 aromatic carbocycles. The lowest BCUT2D eigenvalue weighted by molar-refractivity contribution is 0.0477. The predicted molar refractivity (Wildman–Crippen MR) is 77.8 cm³/mol. The highest BCUT2D eigenvalue weighted by Gasteiger charge is 2.13. The summed E-state index contributed by atoms with van der Waals surface area (Å²) in [5.74, 6) is -0.272. The van der Waals surface area contributed by atoms with Gasteiger partial charge in [-0.3, -0.25) is 0 Å². The molecule has 0 aliphatic carbocycles. The summed E-state index contributed by atoms with van der Waals surface area (Å²) >= 11 is 2.96. The second kappa shape index (κ2) is 5.11. The van der Waals surface area contributed by atoms with Crippen LogP contribution >= 0.6 is 22.7 Å². The van der Waals surface area contributed by atoms with Gasteiger partial charge in [0.25, 0.3) is 0 Å². The average Bonchev–Trinajstić information content (AvgIpc) is 3.01. The normalized spacial score (nSPS) is 10.8. The summed E-state index contributed by atoms with van der Waals surface area (Å²) in [6.07, 6.45) is 0. The number of nitrogens with zero attached hydrogens (tertiary/aromatic N) is 1. The molecule has 3 rings (SSSR count). The number of thiazole rings is 1. The molecule has 0 bridgehead atoms. The minimum atomic E-state index is -0.272. The highest BCUT2D eigenvalue weighted by Crippen LogP contribution is 2.23. The third-order valence-corrected chi connectivity index (χ3v) is 4.72. The Morgan fingerprint density at radius 1 is 1.32 bits per heavy atom. The van der Waals surface area contributed by atoms with Gasteiger partial charge in [-0.25, -0.2) is 9.78 Å². The summed E-state index contributed by atoms with van der Waals surface area (Å²) in [4.78, 5) is 17.0. The van der Waals surface area contributed by atoms with Crippen molar-refractivity contribution in [2.45, 2.75) is 13.5 Å². The van der Waals surface area contributed by atoms with E-state index in [1.54, 1.807) is 11.3 Å². The molecular formula is C14H11NO2S2. The van der Waals surface area contributed by atoms with Crippen LogP contribution in [0.4, 0.5) is 0 Å². The molecule has 0 saturated carbocycles. The first kappa shape index (κ1) is 12.3. The number of fused-ring (bicyclic) bond motifs is 1. The summed E-state index contributed by atoms with van der Waals surface area (Å²) in [5.41, 5.74) is 1.91. The maximum Gasteiger partial charge on any atom is 0.348 e. The lowest BCUT2D eigenvalue weighted by Gasteiger charge is -2.01. The Bertz CT molecular complexity index is 697. The van der Waals surface area contributed by atoms with Crippen molar-refractivity contribution in [1.29, 1.82) is 0 Å². The smallest absolute Gasteiger partial charge is 0.348 e. The summed E-state index contributed by atoms with van der Waals surface area (Å²) in [6.45, 7) is 2.14. The molecule has 0 atom stereocenters. The van der Waals surface area contributed by atoms with Crippen LogP contribution in [0.25, 0.3) is 10.2 Å². The lowest BCUT2D eigenvalue weighted by Crippen LogP contribution is -2.04. The van der Waals surface area contributed by atoms with Gasteiger partial charge in [0, 0.05) is 0 Å². The van der Waals surface area contributed by atoms with Crippen molar-refractivity contribution in [2.75, 3.05) is 0 Å². The molecule has 0 amide bonds. The number of carbonyl (C=O) groups is 1. The van der Waals surface area contributed by atoms with Crippen LogP contribution in [-0.4, -0.2) is 11.0 Å². The molecule has 0 N–H and O–H groups in total. The predicted octanol–water partition coefficient (Wildman–Crippen LogP) is 4.02. The summed E-state index contributed by atoms with van der Waals surface area (Å²) < 4.78 is 6.41. The average molecular weight is 289 g/mol. The molecule has 19 heavy (non-hydrogen) atoms. The maximum absolute atomic E-state index is 11.9. The Balaban J connectivity index is 1.72. The van der Waals surface area contributed by atoms with Gasteiger partial charge < -0.3 is 4.74 Å². The summed E-state index contributed by atoms with van der Waals surface area (Å²) in [7, 11) is 0. The molecule has 5 heteroatoms. The van der Waals surface area contributed by atoms with Crippen LogP contribution in [0.3, 0.4) is 0 Å². The number of hydrogen-bond acceptors (Lipinski definition) is 5. The van der Waals surface area contributed by atoms with Gasteiger partial charge in [0.15, 0.2) is 0 Å². The van der Waals surface area contributed by atoms with Gasteiger partial charge in [-0.15, -0.1) is 22.7 Å². The molecule has 2 heterocycles. The van der Waals surface area contributed by atoms with Gasteiger partial charge in [-0.05, 0) is 36.1 Å². The second-order valence-electron chi connectivity index (χ2n) is 4.08. The number of thiophene rings is 1. The first-order chi connectivity index (χ1) is 9.24. The molecule has 0 fully saturated rings. The van der Waals surface area contributed by atoms with E-state index in [9.17, 15) is 4.79 Å². The van der Waals surface area contributed by atoms with E-state index in [-0.39, 0.29) is 12.6 Å². The minimum Gasteiger partial charge on any atom is -0.454 e. The van der Waals surface area contributed by atoms with Crippen LogP contribution in [-0.2, 0) is 11.3 Å². The van der Waals surface area contributed by atoms with Gasteiger partial charge >= 0.3 is 5.97 Å². The summed E-state index contributed by atoms with van der Waals surface area (Å²) in [6, 6.07) is 9.82. The largest absolute Gasteiger partial charge is 0.454 e. The molecule has 0 spiro atoms. The molecule has 96 valence electrons. The lowest BCUT2D eigenvalue weighted by atomic mass is 10.3. The van der Waals surface area contributed by atoms with E-state index in [1.807, 2.05) is 42.6 Å². The second-order valence-corrected chi connectivity index (χ2v) is 6.12. The number of rotatable bonds is 3. The number of aryl methyl sites for hydroxylation is 1. The highest BCUT2D eigenvalue weighted by molar-refractivity contribution is 7.18. The molecule has 0 saturated heterocycles. The number of para-hydroxylation sites is 1.